The highest BCUT2D eigenvalue weighted by Gasteiger charge is 2.23. The van der Waals surface area contributed by atoms with Crippen LogP contribution in [0.3, 0.4) is 0 Å². The van der Waals surface area contributed by atoms with Gasteiger partial charge in [0.05, 0.1) is 19.8 Å². The maximum Gasteiger partial charge on any atom is 0.257 e. The van der Waals surface area contributed by atoms with Crippen molar-refractivity contribution in [2.75, 3.05) is 27.4 Å². The first kappa shape index (κ1) is 21.4. The molecule has 3 rings (SSSR count). The van der Waals surface area contributed by atoms with E-state index in [0.717, 1.165) is 11.1 Å². The number of amides is 1. The van der Waals surface area contributed by atoms with Crippen molar-refractivity contribution >= 4 is 5.91 Å². The average molecular weight is 410 g/mol. The number of rotatable bonds is 9. The molecule has 0 bridgehead atoms. The van der Waals surface area contributed by atoms with Crippen LogP contribution in [0.25, 0.3) is 11.3 Å². The number of ether oxygens (including phenoxy) is 3. The van der Waals surface area contributed by atoms with Crippen molar-refractivity contribution < 1.29 is 23.5 Å². The Kier molecular flexibility index (Phi) is 7.08. The van der Waals surface area contributed by atoms with Crippen LogP contribution in [-0.2, 0) is 4.74 Å². The lowest BCUT2D eigenvalue weighted by atomic mass is 10.0. The summed E-state index contributed by atoms with van der Waals surface area (Å²) >= 11 is 0. The topological polar surface area (TPSA) is 82.8 Å². The highest BCUT2D eigenvalue weighted by molar-refractivity contribution is 6.00. The van der Waals surface area contributed by atoms with Crippen LogP contribution in [-0.4, -0.2) is 38.5 Å². The molecule has 1 atom stereocenters. The quantitative estimate of drug-likeness (QED) is 0.533. The Bertz CT molecular complexity index is 985. The van der Waals surface area contributed by atoms with Gasteiger partial charge in [-0.25, -0.2) is 0 Å². The van der Waals surface area contributed by atoms with Gasteiger partial charge in [0.2, 0.25) is 0 Å². The normalized spacial score (nSPS) is 11.7. The van der Waals surface area contributed by atoms with Gasteiger partial charge in [-0.2, -0.15) is 0 Å². The molecule has 0 aliphatic heterocycles. The predicted octanol–water partition coefficient (Wildman–Crippen LogP) is 4.17. The molecule has 158 valence electrons. The zero-order valence-electron chi connectivity index (χ0n) is 17.6. The number of carbonyl (C=O) groups excluding carboxylic acids is 1. The van der Waals surface area contributed by atoms with E-state index in [4.69, 9.17) is 18.7 Å². The van der Waals surface area contributed by atoms with Crippen LogP contribution in [0.5, 0.6) is 11.5 Å². The number of nitrogens with zero attached hydrogens (tertiary/aromatic N) is 1. The van der Waals surface area contributed by atoms with Crippen molar-refractivity contribution in [1.82, 2.24) is 10.5 Å². The number of nitrogens with one attached hydrogen (secondary N) is 1. The third-order valence-corrected chi connectivity index (χ3v) is 4.72. The lowest BCUT2D eigenvalue weighted by Crippen LogP contribution is -2.27. The van der Waals surface area contributed by atoms with E-state index in [2.05, 4.69) is 10.5 Å². The zero-order chi connectivity index (χ0) is 21.5. The minimum absolute atomic E-state index is 0.250. The van der Waals surface area contributed by atoms with Crippen LogP contribution in [0.4, 0.5) is 0 Å². The van der Waals surface area contributed by atoms with Crippen LogP contribution in [0.15, 0.2) is 53.1 Å². The second-order valence-electron chi connectivity index (χ2n) is 6.78. The maximum absolute atomic E-state index is 13.0. The van der Waals surface area contributed by atoms with Crippen molar-refractivity contribution in [2.24, 2.45) is 0 Å². The molecule has 0 radical (unpaired) electrons. The van der Waals surface area contributed by atoms with Gasteiger partial charge in [-0.3, -0.25) is 4.79 Å². The Balaban J connectivity index is 1.77. The van der Waals surface area contributed by atoms with E-state index in [0.29, 0.717) is 41.7 Å². The van der Waals surface area contributed by atoms with E-state index in [1.54, 1.807) is 21.1 Å². The Labute approximate surface area is 175 Å². The smallest absolute Gasteiger partial charge is 0.257 e. The van der Waals surface area contributed by atoms with Gasteiger partial charge < -0.3 is 24.1 Å². The van der Waals surface area contributed by atoms with Gasteiger partial charge in [0.25, 0.3) is 5.91 Å². The lowest BCUT2D eigenvalue weighted by Gasteiger charge is -2.17. The van der Waals surface area contributed by atoms with Crippen LogP contribution in [0.2, 0.25) is 0 Å². The molecule has 0 fully saturated rings. The first-order valence-corrected chi connectivity index (χ1v) is 9.67. The molecule has 1 unspecified atom stereocenters. The molecular weight excluding hydrogens is 384 g/mol. The van der Waals surface area contributed by atoms with E-state index in [1.807, 2.05) is 55.5 Å². The largest absolute Gasteiger partial charge is 0.493 e. The summed E-state index contributed by atoms with van der Waals surface area (Å²) in [6.45, 7) is 4.55. The van der Waals surface area contributed by atoms with Gasteiger partial charge in [-0.1, -0.05) is 41.6 Å². The van der Waals surface area contributed by atoms with E-state index in [1.165, 1.54) is 0 Å². The molecule has 2 aromatic carbocycles. The summed E-state index contributed by atoms with van der Waals surface area (Å²) < 4.78 is 21.4. The second-order valence-corrected chi connectivity index (χ2v) is 6.78. The molecule has 7 heteroatoms. The fourth-order valence-corrected chi connectivity index (χ4v) is 3.09. The van der Waals surface area contributed by atoms with Crippen LogP contribution in [0, 0.1) is 6.92 Å². The molecule has 0 aliphatic rings. The standard InChI is InChI=1S/C23H26N2O5/c1-15(18-10-11-19(20(14-18)28-4)29-13-12-27-3)24-23(26)21-16(2)30-25-22(21)17-8-6-5-7-9-17/h5-11,14-15H,12-13H2,1-4H3,(H,24,26). The van der Waals surface area contributed by atoms with Crippen molar-refractivity contribution in [1.29, 1.82) is 0 Å². The van der Waals surface area contributed by atoms with Crippen LogP contribution in [0.1, 0.15) is 34.6 Å². The Morgan fingerprint density at radius 2 is 1.87 bits per heavy atom. The first-order valence-electron chi connectivity index (χ1n) is 9.67. The molecule has 0 aliphatic carbocycles. The fraction of sp³-hybridized carbons (Fsp3) is 0.304. The Hall–Kier alpha value is -3.32. The summed E-state index contributed by atoms with van der Waals surface area (Å²) in [5, 5.41) is 7.10. The number of carbonyl (C=O) groups is 1. The summed E-state index contributed by atoms with van der Waals surface area (Å²) in [4.78, 5) is 13.0. The number of methoxy groups -OCH3 is 2. The monoisotopic (exact) mass is 410 g/mol. The Morgan fingerprint density at radius 3 is 2.57 bits per heavy atom. The van der Waals surface area contributed by atoms with Gasteiger partial charge in [0.15, 0.2) is 11.5 Å². The SMILES string of the molecule is COCCOc1ccc(C(C)NC(=O)c2c(-c3ccccc3)noc2C)cc1OC. The zero-order valence-corrected chi connectivity index (χ0v) is 17.6. The number of benzene rings is 2. The minimum Gasteiger partial charge on any atom is -0.493 e. The molecular formula is C23H26N2O5. The molecule has 1 amide bonds. The van der Waals surface area contributed by atoms with Crippen molar-refractivity contribution in [2.45, 2.75) is 19.9 Å². The number of aromatic nitrogens is 1. The molecule has 30 heavy (non-hydrogen) atoms. The van der Waals surface area contributed by atoms with Crippen molar-refractivity contribution in [3.63, 3.8) is 0 Å². The van der Waals surface area contributed by atoms with Gasteiger partial charge in [0, 0.05) is 12.7 Å². The number of hydrogen-bond donors (Lipinski definition) is 1. The van der Waals surface area contributed by atoms with E-state index < -0.39 is 0 Å². The van der Waals surface area contributed by atoms with Gasteiger partial charge in [-0.15, -0.1) is 0 Å². The lowest BCUT2D eigenvalue weighted by molar-refractivity contribution is 0.0939. The maximum atomic E-state index is 13.0. The Morgan fingerprint density at radius 1 is 1.10 bits per heavy atom. The van der Waals surface area contributed by atoms with Crippen LogP contribution >= 0.6 is 0 Å². The summed E-state index contributed by atoms with van der Waals surface area (Å²) in [7, 11) is 3.20. The molecule has 1 N–H and O–H groups in total. The average Bonchev–Trinajstić information content (AvgIpc) is 3.16. The molecule has 7 nitrogen and oxygen atoms in total. The van der Waals surface area contributed by atoms with Gasteiger partial charge in [-0.05, 0) is 31.5 Å². The highest BCUT2D eigenvalue weighted by atomic mass is 16.5. The van der Waals surface area contributed by atoms with E-state index in [9.17, 15) is 4.79 Å². The second kappa shape index (κ2) is 9.93. The highest BCUT2D eigenvalue weighted by Crippen LogP contribution is 2.31. The third-order valence-electron chi connectivity index (χ3n) is 4.72. The summed E-state index contributed by atoms with van der Waals surface area (Å²) in [5.41, 5.74) is 2.66. The van der Waals surface area contributed by atoms with Gasteiger partial charge in [0.1, 0.15) is 23.6 Å². The predicted molar refractivity (Wildman–Crippen MR) is 113 cm³/mol. The fourth-order valence-electron chi connectivity index (χ4n) is 3.09. The number of aryl methyl sites for hydroxylation is 1. The molecule has 1 aromatic heterocycles. The van der Waals surface area contributed by atoms with Crippen molar-refractivity contribution in [3.8, 4) is 22.8 Å². The van der Waals surface area contributed by atoms with Crippen molar-refractivity contribution in [3.05, 3.63) is 65.4 Å². The van der Waals surface area contributed by atoms with Gasteiger partial charge >= 0.3 is 0 Å². The summed E-state index contributed by atoms with van der Waals surface area (Å²) in [6.07, 6.45) is 0. The molecule has 0 saturated heterocycles. The molecule has 0 saturated carbocycles. The van der Waals surface area contributed by atoms with E-state index in [-0.39, 0.29) is 11.9 Å². The van der Waals surface area contributed by atoms with Crippen LogP contribution < -0.4 is 14.8 Å². The first-order chi connectivity index (χ1) is 14.5. The van der Waals surface area contributed by atoms with E-state index >= 15 is 0 Å². The third kappa shape index (κ3) is 4.80. The molecule has 3 aromatic rings. The molecule has 0 spiro atoms. The molecule has 1 heterocycles. The summed E-state index contributed by atoms with van der Waals surface area (Å²) in [5.74, 6) is 1.44. The number of hydrogen-bond acceptors (Lipinski definition) is 6. The summed E-state index contributed by atoms with van der Waals surface area (Å²) in [6, 6.07) is 14.8. The minimum atomic E-state index is -0.266.